The summed E-state index contributed by atoms with van der Waals surface area (Å²) in [6.07, 6.45) is -1.35. The predicted octanol–water partition coefficient (Wildman–Crippen LogP) is 0.982. The Morgan fingerprint density at radius 1 is 1.23 bits per heavy atom. The van der Waals surface area contributed by atoms with Gasteiger partial charge in [0, 0.05) is 35.6 Å². The maximum atomic E-state index is 12.6. The van der Waals surface area contributed by atoms with Gasteiger partial charge in [0.1, 0.15) is 11.5 Å². The summed E-state index contributed by atoms with van der Waals surface area (Å²) in [6.45, 7) is 1.43. The lowest BCUT2D eigenvalue weighted by Crippen LogP contribution is -2.46. The summed E-state index contributed by atoms with van der Waals surface area (Å²) < 4.78 is 5.01. The van der Waals surface area contributed by atoms with Gasteiger partial charge in [0.25, 0.3) is 0 Å². The number of benzene rings is 1. The minimum absolute atomic E-state index is 0.0628. The maximum absolute atomic E-state index is 12.6. The molecule has 0 saturated carbocycles. The van der Waals surface area contributed by atoms with Gasteiger partial charge in [-0.25, -0.2) is 0 Å². The number of aliphatic hydroxyl groups excluding tert-OH is 1. The first-order chi connectivity index (χ1) is 10.3. The normalized spacial score (nSPS) is 27.5. The summed E-state index contributed by atoms with van der Waals surface area (Å²) in [5.74, 6) is -0.972. The Labute approximate surface area is 126 Å². The summed E-state index contributed by atoms with van der Waals surface area (Å²) in [7, 11) is 1.39. The van der Waals surface area contributed by atoms with Crippen molar-refractivity contribution in [2.24, 2.45) is 0 Å². The first-order valence-electron chi connectivity index (χ1n) is 6.89. The zero-order valence-electron chi connectivity index (χ0n) is 12.2. The van der Waals surface area contributed by atoms with Crippen LogP contribution in [-0.2, 0) is 0 Å². The first kappa shape index (κ1) is 14.7. The van der Waals surface area contributed by atoms with Gasteiger partial charge in [-0.3, -0.25) is 9.59 Å². The molecule has 2 atom stereocenters. The topological polar surface area (TPSA) is 104 Å². The number of hydrogen-bond acceptors (Lipinski definition) is 6. The van der Waals surface area contributed by atoms with Crippen molar-refractivity contribution >= 4 is 11.6 Å². The lowest BCUT2D eigenvalue weighted by Gasteiger charge is -2.37. The number of rotatable bonds is 1. The number of hydrogen-bond donors (Lipinski definition) is 3. The number of ether oxygens (including phenoxy) is 1. The molecule has 0 spiro atoms. The van der Waals surface area contributed by atoms with Crippen molar-refractivity contribution < 1.29 is 29.6 Å². The minimum Gasteiger partial charge on any atom is -0.507 e. The van der Waals surface area contributed by atoms with Crippen LogP contribution in [0.2, 0.25) is 0 Å². The SMILES string of the molecule is COc1cc(O)c2c(c1)C(=O)C1=C(C[C@@H](O)[C@@](C)(O)C1)C2=O. The Bertz CT molecular complexity index is 728. The molecule has 0 saturated heterocycles. The van der Waals surface area contributed by atoms with E-state index in [1.165, 1.54) is 26.2 Å². The number of aromatic hydroxyl groups is 1. The molecule has 6 nitrogen and oxygen atoms in total. The molecule has 0 unspecified atom stereocenters. The average molecular weight is 304 g/mol. The molecule has 6 heteroatoms. The molecule has 0 radical (unpaired) electrons. The van der Waals surface area contributed by atoms with Gasteiger partial charge in [-0.1, -0.05) is 0 Å². The number of Topliss-reactive ketones (excluding diaryl/α,β-unsaturated/α-hetero) is 2. The second kappa shape index (κ2) is 4.66. The molecule has 116 valence electrons. The van der Waals surface area contributed by atoms with Crippen molar-refractivity contribution in [1.29, 1.82) is 0 Å². The Hall–Kier alpha value is -2.18. The number of carbonyl (C=O) groups excluding carboxylic acids is 2. The molecular formula is C16H16O6. The van der Waals surface area contributed by atoms with E-state index in [9.17, 15) is 24.9 Å². The number of aliphatic hydroxyl groups is 2. The van der Waals surface area contributed by atoms with Gasteiger partial charge in [-0.15, -0.1) is 0 Å². The van der Waals surface area contributed by atoms with Crippen molar-refractivity contribution in [3.05, 3.63) is 34.4 Å². The summed E-state index contributed by atoms with van der Waals surface area (Å²) in [5.41, 5.74) is -1.11. The van der Waals surface area contributed by atoms with Crippen molar-refractivity contribution in [2.45, 2.75) is 31.5 Å². The smallest absolute Gasteiger partial charge is 0.194 e. The van der Waals surface area contributed by atoms with Crippen LogP contribution in [0.4, 0.5) is 0 Å². The van der Waals surface area contributed by atoms with Crippen molar-refractivity contribution in [3.63, 3.8) is 0 Å². The molecule has 2 aliphatic rings. The standard InChI is InChI=1S/C16H16O6/c1-16(21)6-10-8(5-12(16)18)15(20)13-9(14(10)19)3-7(22-2)4-11(13)17/h3-4,12,17-18,21H,5-6H2,1-2H3/t12-,16+/m1/s1. The Morgan fingerprint density at radius 2 is 1.91 bits per heavy atom. The van der Waals surface area contributed by atoms with Crippen LogP contribution in [0.15, 0.2) is 23.3 Å². The summed E-state index contributed by atoms with van der Waals surface area (Å²) in [5, 5.41) is 30.1. The van der Waals surface area contributed by atoms with Gasteiger partial charge in [0.2, 0.25) is 0 Å². The van der Waals surface area contributed by atoms with Crippen molar-refractivity contribution in [1.82, 2.24) is 0 Å². The summed E-state index contributed by atoms with van der Waals surface area (Å²) >= 11 is 0. The van der Waals surface area contributed by atoms with Gasteiger partial charge < -0.3 is 20.1 Å². The molecule has 0 aromatic heterocycles. The average Bonchev–Trinajstić information content (AvgIpc) is 2.46. The van der Waals surface area contributed by atoms with Crippen LogP contribution < -0.4 is 4.74 Å². The van der Waals surface area contributed by atoms with E-state index in [2.05, 4.69) is 0 Å². The van der Waals surface area contributed by atoms with Crippen LogP contribution in [0.1, 0.15) is 40.5 Å². The maximum Gasteiger partial charge on any atom is 0.194 e. The highest BCUT2D eigenvalue weighted by Crippen LogP contribution is 2.42. The highest BCUT2D eigenvalue weighted by atomic mass is 16.5. The molecule has 22 heavy (non-hydrogen) atoms. The van der Waals surface area contributed by atoms with Crippen molar-refractivity contribution in [3.8, 4) is 11.5 Å². The highest BCUT2D eigenvalue weighted by molar-refractivity contribution is 6.28. The van der Waals surface area contributed by atoms with Gasteiger partial charge in [-0.05, 0) is 13.0 Å². The molecule has 1 aromatic rings. The second-order valence-corrected chi connectivity index (χ2v) is 5.94. The third-order valence-corrected chi connectivity index (χ3v) is 4.36. The van der Waals surface area contributed by atoms with Crippen LogP contribution in [0.3, 0.4) is 0 Å². The zero-order valence-corrected chi connectivity index (χ0v) is 12.2. The fourth-order valence-electron chi connectivity index (χ4n) is 3.02. The number of phenolic OH excluding ortho intramolecular Hbond substituents is 1. The van der Waals surface area contributed by atoms with Gasteiger partial charge in [0.15, 0.2) is 11.6 Å². The van der Waals surface area contributed by atoms with E-state index in [-0.39, 0.29) is 46.6 Å². The number of phenols is 1. The van der Waals surface area contributed by atoms with Gasteiger partial charge >= 0.3 is 0 Å². The summed E-state index contributed by atoms with van der Waals surface area (Å²) in [6, 6.07) is 2.67. The van der Waals surface area contributed by atoms with Gasteiger partial charge in [-0.2, -0.15) is 0 Å². The molecule has 0 bridgehead atoms. The molecule has 0 amide bonds. The molecular weight excluding hydrogens is 288 g/mol. The lowest BCUT2D eigenvalue weighted by atomic mass is 9.71. The fraction of sp³-hybridized carbons (Fsp3) is 0.375. The lowest BCUT2D eigenvalue weighted by molar-refractivity contribution is -0.0651. The molecule has 0 aliphatic heterocycles. The molecule has 0 heterocycles. The number of carbonyl (C=O) groups is 2. The summed E-state index contributed by atoms with van der Waals surface area (Å²) in [4.78, 5) is 25.2. The Kier molecular flexibility index (Phi) is 3.12. The van der Waals surface area contributed by atoms with Crippen LogP contribution >= 0.6 is 0 Å². The second-order valence-electron chi connectivity index (χ2n) is 5.94. The molecule has 1 aromatic carbocycles. The zero-order chi connectivity index (χ0) is 16.2. The van der Waals surface area contributed by atoms with Crippen LogP contribution in [-0.4, -0.2) is 45.7 Å². The van der Waals surface area contributed by atoms with Crippen LogP contribution in [0.25, 0.3) is 0 Å². The Balaban J connectivity index is 2.19. The minimum atomic E-state index is -1.47. The number of fused-ring (bicyclic) bond motifs is 1. The molecule has 2 aliphatic carbocycles. The van der Waals surface area contributed by atoms with E-state index in [1.807, 2.05) is 0 Å². The monoisotopic (exact) mass is 304 g/mol. The first-order valence-corrected chi connectivity index (χ1v) is 6.89. The predicted molar refractivity (Wildman–Crippen MR) is 76.2 cm³/mol. The third kappa shape index (κ3) is 1.95. The fourth-order valence-corrected chi connectivity index (χ4v) is 3.02. The van der Waals surface area contributed by atoms with Crippen molar-refractivity contribution in [2.75, 3.05) is 7.11 Å². The van der Waals surface area contributed by atoms with Crippen LogP contribution in [0, 0.1) is 0 Å². The quantitative estimate of drug-likeness (QED) is 0.714. The molecule has 3 rings (SSSR count). The molecule has 3 N–H and O–H groups in total. The number of methoxy groups -OCH3 is 1. The van der Waals surface area contributed by atoms with E-state index in [0.29, 0.717) is 0 Å². The largest absolute Gasteiger partial charge is 0.507 e. The third-order valence-electron chi connectivity index (χ3n) is 4.36. The molecule has 0 fully saturated rings. The Morgan fingerprint density at radius 3 is 2.55 bits per heavy atom. The number of ketones is 2. The van der Waals surface area contributed by atoms with Gasteiger partial charge in [0.05, 0.1) is 24.4 Å². The van der Waals surface area contributed by atoms with E-state index in [4.69, 9.17) is 4.74 Å². The van der Waals surface area contributed by atoms with E-state index in [0.717, 1.165) is 0 Å². The van der Waals surface area contributed by atoms with Crippen LogP contribution in [0.5, 0.6) is 11.5 Å². The highest BCUT2D eigenvalue weighted by Gasteiger charge is 2.45. The van der Waals surface area contributed by atoms with E-state index in [1.54, 1.807) is 0 Å². The van der Waals surface area contributed by atoms with E-state index >= 15 is 0 Å². The van der Waals surface area contributed by atoms with E-state index < -0.39 is 23.3 Å².